The second-order valence-electron chi connectivity index (χ2n) is 7.66. The van der Waals surface area contributed by atoms with Crippen molar-refractivity contribution in [3.63, 3.8) is 0 Å². The van der Waals surface area contributed by atoms with E-state index in [1.165, 1.54) is 24.0 Å². The highest BCUT2D eigenvalue weighted by Crippen LogP contribution is 2.48. The Morgan fingerprint density at radius 3 is 2.39 bits per heavy atom. The van der Waals surface area contributed by atoms with Gasteiger partial charge in [0, 0.05) is 51.4 Å². The topological polar surface area (TPSA) is 43.8 Å². The minimum Gasteiger partial charge on any atom is -0.355 e. The first-order chi connectivity index (χ1) is 13.2. The average Bonchev–Trinajstić information content (AvgIpc) is 3.51. The van der Waals surface area contributed by atoms with Crippen molar-refractivity contribution in [2.45, 2.75) is 25.2 Å². The third-order valence-electron chi connectivity index (χ3n) is 5.92. The molecule has 0 bridgehead atoms. The normalized spacial score (nSPS) is 18.4. The van der Waals surface area contributed by atoms with Crippen LogP contribution < -0.4 is 10.2 Å². The number of pyridine rings is 1. The molecule has 2 aliphatic rings. The van der Waals surface area contributed by atoms with Gasteiger partial charge in [0.15, 0.2) is 5.96 Å². The number of benzene rings is 1. The highest BCUT2D eigenvalue weighted by molar-refractivity contribution is 14.0. The van der Waals surface area contributed by atoms with E-state index in [-0.39, 0.29) is 29.4 Å². The van der Waals surface area contributed by atoms with E-state index in [2.05, 4.69) is 68.4 Å². The molecule has 150 valence electrons. The fourth-order valence-corrected chi connectivity index (χ4v) is 4.13. The minimum absolute atomic E-state index is 0. The van der Waals surface area contributed by atoms with Gasteiger partial charge in [0.2, 0.25) is 0 Å². The zero-order chi connectivity index (χ0) is 18.7. The van der Waals surface area contributed by atoms with E-state index in [0.717, 1.165) is 44.5 Å². The van der Waals surface area contributed by atoms with E-state index in [9.17, 15) is 0 Å². The van der Waals surface area contributed by atoms with Crippen molar-refractivity contribution in [3.05, 3.63) is 59.8 Å². The maximum absolute atomic E-state index is 4.55. The first-order valence-corrected chi connectivity index (χ1v) is 9.89. The summed E-state index contributed by atoms with van der Waals surface area (Å²) in [6.45, 7) is 7.06. The molecule has 1 aromatic heterocycles. The fourth-order valence-electron chi connectivity index (χ4n) is 4.13. The Hall–Kier alpha value is -1.83. The molecule has 1 aliphatic carbocycles. The van der Waals surface area contributed by atoms with Crippen LogP contribution in [0.1, 0.15) is 24.0 Å². The average molecular weight is 491 g/mol. The Kier molecular flexibility index (Phi) is 6.80. The number of guanidine groups is 1. The van der Waals surface area contributed by atoms with Crippen LogP contribution >= 0.6 is 24.0 Å². The number of aryl methyl sites for hydroxylation is 1. The van der Waals surface area contributed by atoms with Gasteiger partial charge in [0.05, 0.1) is 0 Å². The molecule has 2 heterocycles. The predicted octanol–water partition coefficient (Wildman–Crippen LogP) is 3.44. The summed E-state index contributed by atoms with van der Waals surface area (Å²) in [7, 11) is 1.89. The minimum atomic E-state index is 0. The van der Waals surface area contributed by atoms with Crippen molar-refractivity contribution in [1.82, 2.24) is 15.2 Å². The van der Waals surface area contributed by atoms with Gasteiger partial charge >= 0.3 is 0 Å². The molecule has 1 aliphatic heterocycles. The lowest BCUT2D eigenvalue weighted by molar-refractivity contribution is 0.369. The van der Waals surface area contributed by atoms with E-state index in [1.807, 2.05) is 19.3 Å². The van der Waals surface area contributed by atoms with Crippen molar-refractivity contribution in [2.75, 3.05) is 44.7 Å². The van der Waals surface area contributed by atoms with Crippen LogP contribution in [0.5, 0.6) is 0 Å². The Bertz CT molecular complexity index is 796. The van der Waals surface area contributed by atoms with Gasteiger partial charge in [-0.1, -0.05) is 30.3 Å². The predicted molar refractivity (Wildman–Crippen MR) is 127 cm³/mol. The second kappa shape index (κ2) is 9.11. The molecule has 1 aromatic carbocycles. The number of halogens is 1. The number of aliphatic imine (C=N–C) groups is 1. The van der Waals surface area contributed by atoms with Crippen LogP contribution in [0.4, 0.5) is 5.82 Å². The Balaban J connectivity index is 0.00000225. The van der Waals surface area contributed by atoms with Crippen LogP contribution in [0.3, 0.4) is 0 Å². The molecule has 0 amide bonds. The number of nitrogens with one attached hydrogen (secondary N) is 1. The van der Waals surface area contributed by atoms with Gasteiger partial charge in [-0.15, -0.1) is 24.0 Å². The third kappa shape index (κ3) is 4.42. The molecule has 6 heteroatoms. The van der Waals surface area contributed by atoms with Crippen LogP contribution in [-0.2, 0) is 5.41 Å². The summed E-state index contributed by atoms with van der Waals surface area (Å²) in [6, 6.07) is 14.9. The number of aromatic nitrogens is 1. The molecule has 1 saturated carbocycles. The molecular weight excluding hydrogens is 461 g/mol. The zero-order valence-corrected chi connectivity index (χ0v) is 19.1. The van der Waals surface area contributed by atoms with Gasteiger partial charge in [-0.05, 0) is 43.0 Å². The maximum Gasteiger partial charge on any atom is 0.193 e. The van der Waals surface area contributed by atoms with Crippen molar-refractivity contribution in [2.24, 2.45) is 4.99 Å². The van der Waals surface area contributed by atoms with Gasteiger partial charge in [-0.2, -0.15) is 0 Å². The summed E-state index contributed by atoms with van der Waals surface area (Å²) < 4.78 is 0. The fraction of sp³-hybridized carbons (Fsp3) is 0.455. The summed E-state index contributed by atoms with van der Waals surface area (Å²) in [5.41, 5.74) is 3.18. The number of anilines is 1. The smallest absolute Gasteiger partial charge is 0.193 e. The van der Waals surface area contributed by atoms with Crippen LogP contribution in [0, 0.1) is 6.92 Å². The van der Waals surface area contributed by atoms with Crippen molar-refractivity contribution < 1.29 is 0 Å². The van der Waals surface area contributed by atoms with Crippen molar-refractivity contribution in [3.8, 4) is 0 Å². The van der Waals surface area contributed by atoms with Gasteiger partial charge in [0.25, 0.3) is 0 Å². The molecule has 1 saturated heterocycles. The molecule has 28 heavy (non-hydrogen) atoms. The summed E-state index contributed by atoms with van der Waals surface area (Å²) in [6.07, 6.45) is 4.38. The summed E-state index contributed by atoms with van der Waals surface area (Å²) in [5.74, 6) is 2.09. The number of rotatable bonds is 4. The lowest BCUT2D eigenvalue weighted by atomic mass is 9.92. The molecule has 2 fully saturated rings. The second-order valence-corrected chi connectivity index (χ2v) is 7.66. The molecule has 1 N–H and O–H groups in total. The lowest BCUT2D eigenvalue weighted by Crippen LogP contribution is -2.53. The van der Waals surface area contributed by atoms with Gasteiger partial charge in [-0.25, -0.2) is 4.98 Å². The Morgan fingerprint density at radius 1 is 1.07 bits per heavy atom. The van der Waals surface area contributed by atoms with E-state index >= 15 is 0 Å². The van der Waals surface area contributed by atoms with Crippen LogP contribution in [0.25, 0.3) is 0 Å². The highest BCUT2D eigenvalue weighted by atomic mass is 127. The standard InChI is InChI=1S/C22H29N5.HI/c1-18-7-3-4-8-19(18)22(10-11-22)17-25-21(23-2)27-15-13-26(14-16-27)20-9-5-6-12-24-20;/h3-9,12H,10-11,13-17H2,1-2H3,(H,23,25);1H. The number of hydrogen-bond acceptors (Lipinski definition) is 3. The molecule has 4 rings (SSSR count). The quantitative estimate of drug-likeness (QED) is 0.405. The first-order valence-electron chi connectivity index (χ1n) is 9.89. The summed E-state index contributed by atoms with van der Waals surface area (Å²) in [4.78, 5) is 13.7. The third-order valence-corrected chi connectivity index (χ3v) is 5.92. The molecular formula is C22H30IN5. The number of nitrogens with zero attached hydrogens (tertiary/aromatic N) is 4. The molecule has 0 atom stereocenters. The first kappa shape index (κ1) is 20.9. The van der Waals surface area contributed by atoms with Gasteiger partial charge in [-0.3, -0.25) is 4.99 Å². The Labute approximate surface area is 185 Å². The van der Waals surface area contributed by atoms with Gasteiger partial charge in [0.1, 0.15) is 5.82 Å². The number of piperazine rings is 1. The molecule has 0 spiro atoms. The van der Waals surface area contributed by atoms with E-state index in [0.29, 0.717) is 0 Å². The van der Waals surface area contributed by atoms with Crippen LogP contribution in [0.2, 0.25) is 0 Å². The van der Waals surface area contributed by atoms with Crippen LogP contribution in [-0.4, -0.2) is 55.6 Å². The van der Waals surface area contributed by atoms with E-state index < -0.39 is 0 Å². The molecule has 0 unspecified atom stereocenters. The summed E-state index contributed by atoms with van der Waals surface area (Å²) >= 11 is 0. The van der Waals surface area contributed by atoms with Crippen molar-refractivity contribution in [1.29, 1.82) is 0 Å². The molecule has 2 aromatic rings. The van der Waals surface area contributed by atoms with Gasteiger partial charge < -0.3 is 15.1 Å². The molecule has 0 radical (unpaired) electrons. The summed E-state index contributed by atoms with van der Waals surface area (Å²) in [5, 5.41) is 3.66. The lowest BCUT2D eigenvalue weighted by Gasteiger charge is -2.37. The highest BCUT2D eigenvalue weighted by Gasteiger charge is 2.45. The Morgan fingerprint density at radius 2 is 1.79 bits per heavy atom. The van der Waals surface area contributed by atoms with E-state index in [4.69, 9.17) is 0 Å². The SMILES string of the molecule is CN=C(NCC1(c2ccccc2C)CC1)N1CCN(c2ccccn2)CC1.I. The maximum atomic E-state index is 4.55. The number of hydrogen-bond donors (Lipinski definition) is 1. The zero-order valence-electron chi connectivity index (χ0n) is 16.8. The van der Waals surface area contributed by atoms with Crippen molar-refractivity contribution >= 4 is 35.8 Å². The molecule has 5 nitrogen and oxygen atoms in total. The largest absolute Gasteiger partial charge is 0.355 e. The monoisotopic (exact) mass is 491 g/mol. The van der Waals surface area contributed by atoms with E-state index in [1.54, 1.807) is 0 Å². The van der Waals surface area contributed by atoms with Crippen LogP contribution in [0.15, 0.2) is 53.7 Å².